The Kier molecular flexibility index (Phi) is 4.70. The minimum absolute atomic E-state index is 0.169. The van der Waals surface area contributed by atoms with Gasteiger partial charge < -0.3 is 4.90 Å². The summed E-state index contributed by atoms with van der Waals surface area (Å²) >= 11 is 5.75. The van der Waals surface area contributed by atoms with E-state index >= 15 is 0 Å². The van der Waals surface area contributed by atoms with Gasteiger partial charge in [-0.05, 0) is 24.7 Å². The zero-order valence-electron chi connectivity index (χ0n) is 9.35. The van der Waals surface area contributed by atoms with Crippen molar-refractivity contribution >= 4 is 21.4 Å². The van der Waals surface area contributed by atoms with Crippen LogP contribution in [0.1, 0.15) is 5.56 Å². The number of halogens is 1. The number of nitrogens with zero attached hydrogens (tertiary/aromatic N) is 2. The van der Waals surface area contributed by atoms with Gasteiger partial charge in [0.05, 0.1) is 5.75 Å². The van der Waals surface area contributed by atoms with Crippen molar-refractivity contribution in [3.8, 4) is 0 Å². The molecule has 1 heterocycles. The van der Waals surface area contributed by atoms with E-state index in [0.29, 0.717) is 18.2 Å². The lowest BCUT2D eigenvalue weighted by Crippen LogP contribution is -2.24. The van der Waals surface area contributed by atoms with E-state index in [2.05, 4.69) is 4.98 Å². The minimum atomic E-state index is -2.90. The molecule has 4 nitrogen and oxygen atoms in total. The van der Waals surface area contributed by atoms with Crippen LogP contribution in [0.15, 0.2) is 18.3 Å². The summed E-state index contributed by atoms with van der Waals surface area (Å²) in [5.74, 6) is 0.169. The summed E-state index contributed by atoms with van der Waals surface area (Å²) in [5, 5.41) is 0.453. The maximum Gasteiger partial charge on any atom is 0.148 e. The Labute approximate surface area is 101 Å². The fourth-order valence-corrected chi connectivity index (χ4v) is 2.09. The average Bonchev–Trinajstić information content (AvgIpc) is 2.14. The van der Waals surface area contributed by atoms with Crippen molar-refractivity contribution in [2.75, 3.05) is 25.6 Å². The first-order valence-corrected chi connectivity index (χ1v) is 7.27. The highest BCUT2D eigenvalue weighted by Gasteiger charge is 2.06. The highest BCUT2D eigenvalue weighted by molar-refractivity contribution is 7.90. The van der Waals surface area contributed by atoms with Gasteiger partial charge in [-0.2, -0.15) is 0 Å². The number of pyridine rings is 1. The van der Waals surface area contributed by atoms with E-state index in [1.807, 2.05) is 18.0 Å². The molecule has 0 N–H and O–H groups in total. The van der Waals surface area contributed by atoms with Gasteiger partial charge in [-0.25, -0.2) is 13.4 Å². The van der Waals surface area contributed by atoms with E-state index in [1.54, 1.807) is 12.3 Å². The van der Waals surface area contributed by atoms with E-state index in [-0.39, 0.29) is 5.75 Å². The molecule has 0 unspecified atom stereocenters. The summed E-state index contributed by atoms with van der Waals surface area (Å²) in [6.45, 7) is 1.18. The molecule has 1 aromatic heterocycles. The van der Waals surface area contributed by atoms with E-state index in [0.717, 1.165) is 5.56 Å². The van der Waals surface area contributed by atoms with Crippen LogP contribution >= 0.6 is 11.6 Å². The fraction of sp³-hybridized carbons (Fsp3) is 0.500. The number of hydrogen-bond acceptors (Lipinski definition) is 4. The highest BCUT2D eigenvalue weighted by atomic mass is 35.5. The van der Waals surface area contributed by atoms with Crippen LogP contribution in [0.25, 0.3) is 0 Å². The molecule has 0 saturated heterocycles. The molecule has 0 aliphatic rings. The molecule has 0 fully saturated rings. The quantitative estimate of drug-likeness (QED) is 0.749. The van der Waals surface area contributed by atoms with Crippen molar-refractivity contribution in [1.82, 2.24) is 9.88 Å². The average molecular weight is 263 g/mol. The first-order chi connectivity index (χ1) is 7.37. The van der Waals surface area contributed by atoms with Gasteiger partial charge in [-0.3, -0.25) is 0 Å². The molecule has 6 heteroatoms. The van der Waals surface area contributed by atoms with Crippen molar-refractivity contribution in [3.63, 3.8) is 0 Å². The highest BCUT2D eigenvalue weighted by Crippen LogP contribution is 2.08. The van der Waals surface area contributed by atoms with Gasteiger partial charge in [0, 0.05) is 25.5 Å². The maximum absolute atomic E-state index is 11.0. The summed E-state index contributed by atoms with van der Waals surface area (Å²) in [6.07, 6.45) is 2.88. The van der Waals surface area contributed by atoms with Crippen LogP contribution in [-0.2, 0) is 16.4 Å². The Hall–Kier alpha value is -0.650. The van der Waals surface area contributed by atoms with Gasteiger partial charge in [0.1, 0.15) is 15.0 Å². The van der Waals surface area contributed by atoms with Crippen LogP contribution < -0.4 is 0 Å². The molecule has 0 radical (unpaired) electrons. The first kappa shape index (κ1) is 13.4. The molecular formula is C10H15ClN2O2S. The normalized spacial score (nSPS) is 12.0. The predicted octanol–water partition coefficient (Wildman–Crippen LogP) is 1.21. The minimum Gasteiger partial charge on any atom is -0.301 e. The van der Waals surface area contributed by atoms with Crippen molar-refractivity contribution in [2.45, 2.75) is 6.54 Å². The van der Waals surface area contributed by atoms with Crippen LogP contribution in [0.2, 0.25) is 5.15 Å². The molecular weight excluding hydrogens is 248 g/mol. The number of sulfone groups is 1. The van der Waals surface area contributed by atoms with Gasteiger partial charge in [0.15, 0.2) is 0 Å². The molecule has 1 aromatic rings. The van der Waals surface area contributed by atoms with Gasteiger partial charge in [0.25, 0.3) is 0 Å². The lowest BCUT2D eigenvalue weighted by Gasteiger charge is -2.15. The predicted molar refractivity (Wildman–Crippen MR) is 65.3 cm³/mol. The molecule has 0 aromatic carbocycles. The standard InChI is InChI=1S/C10H15ClN2O2S/c1-13(5-6-16(2,14)15)8-9-3-4-12-10(11)7-9/h3-4,7H,5-6,8H2,1-2H3. The largest absolute Gasteiger partial charge is 0.301 e. The van der Waals surface area contributed by atoms with E-state index in [1.165, 1.54) is 6.26 Å². The van der Waals surface area contributed by atoms with E-state index in [9.17, 15) is 8.42 Å². The van der Waals surface area contributed by atoms with Crippen molar-refractivity contribution in [3.05, 3.63) is 29.0 Å². The topological polar surface area (TPSA) is 50.3 Å². The number of hydrogen-bond donors (Lipinski definition) is 0. The molecule has 0 saturated carbocycles. The zero-order chi connectivity index (χ0) is 12.2. The smallest absolute Gasteiger partial charge is 0.148 e. The molecule has 90 valence electrons. The maximum atomic E-state index is 11.0. The Bertz CT molecular complexity index is 448. The SMILES string of the molecule is CN(CCS(C)(=O)=O)Cc1ccnc(Cl)c1. The van der Waals surface area contributed by atoms with Crippen LogP contribution in [0.3, 0.4) is 0 Å². The second-order valence-electron chi connectivity index (χ2n) is 3.85. The van der Waals surface area contributed by atoms with Crippen LogP contribution in [0.5, 0.6) is 0 Å². The second kappa shape index (κ2) is 5.61. The fourth-order valence-electron chi connectivity index (χ4n) is 1.25. The summed E-state index contributed by atoms with van der Waals surface area (Å²) in [5.41, 5.74) is 1.02. The molecule has 0 aliphatic carbocycles. The lowest BCUT2D eigenvalue weighted by molar-refractivity contribution is 0.346. The second-order valence-corrected chi connectivity index (χ2v) is 6.50. The summed E-state index contributed by atoms with van der Waals surface area (Å²) in [7, 11) is -1.03. The number of aromatic nitrogens is 1. The Morgan fingerprint density at radius 2 is 2.19 bits per heavy atom. The molecule has 0 bridgehead atoms. The third kappa shape index (κ3) is 5.44. The van der Waals surface area contributed by atoms with E-state index < -0.39 is 9.84 Å². The third-order valence-electron chi connectivity index (χ3n) is 2.09. The Morgan fingerprint density at radius 3 is 2.75 bits per heavy atom. The lowest BCUT2D eigenvalue weighted by atomic mass is 10.2. The molecule has 0 aliphatic heterocycles. The van der Waals surface area contributed by atoms with E-state index in [4.69, 9.17) is 11.6 Å². The first-order valence-electron chi connectivity index (χ1n) is 4.83. The van der Waals surface area contributed by atoms with Crippen molar-refractivity contribution in [1.29, 1.82) is 0 Å². The van der Waals surface area contributed by atoms with Gasteiger partial charge in [-0.1, -0.05) is 11.6 Å². The molecule has 0 amide bonds. The summed E-state index contributed by atoms with van der Waals surface area (Å²) in [4.78, 5) is 5.82. The molecule has 0 atom stereocenters. The molecule has 1 rings (SSSR count). The molecule has 0 spiro atoms. The Morgan fingerprint density at radius 1 is 1.50 bits per heavy atom. The van der Waals surface area contributed by atoms with Crippen LogP contribution in [0.4, 0.5) is 0 Å². The van der Waals surface area contributed by atoms with Crippen LogP contribution in [0, 0.1) is 0 Å². The van der Waals surface area contributed by atoms with Gasteiger partial charge in [-0.15, -0.1) is 0 Å². The summed E-state index contributed by atoms with van der Waals surface area (Å²) < 4.78 is 22.0. The van der Waals surface area contributed by atoms with Crippen molar-refractivity contribution < 1.29 is 8.42 Å². The van der Waals surface area contributed by atoms with Gasteiger partial charge in [0.2, 0.25) is 0 Å². The van der Waals surface area contributed by atoms with Gasteiger partial charge >= 0.3 is 0 Å². The van der Waals surface area contributed by atoms with Crippen LogP contribution in [-0.4, -0.2) is 43.9 Å². The third-order valence-corrected chi connectivity index (χ3v) is 3.22. The monoisotopic (exact) mass is 262 g/mol. The zero-order valence-corrected chi connectivity index (χ0v) is 10.9. The summed E-state index contributed by atoms with van der Waals surface area (Å²) in [6, 6.07) is 3.64. The molecule has 16 heavy (non-hydrogen) atoms. The van der Waals surface area contributed by atoms with Crippen molar-refractivity contribution in [2.24, 2.45) is 0 Å². The Balaban J connectivity index is 2.49. The number of rotatable bonds is 5.